The Balaban J connectivity index is 2.39. The molecule has 0 spiro atoms. The van der Waals surface area contributed by atoms with Crippen LogP contribution in [-0.2, 0) is 0 Å². The predicted octanol–water partition coefficient (Wildman–Crippen LogP) is 3.05. The zero-order valence-electron chi connectivity index (χ0n) is 11.2. The maximum atomic E-state index is 13.8. The fraction of sp³-hybridized carbons (Fsp3) is 0.250. The van der Waals surface area contributed by atoms with Gasteiger partial charge < -0.3 is 10.8 Å². The molecule has 0 heterocycles. The van der Waals surface area contributed by atoms with Gasteiger partial charge in [-0.05, 0) is 41.8 Å². The molecule has 2 unspecified atom stereocenters. The lowest BCUT2D eigenvalue weighted by Crippen LogP contribution is -2.21. The highest BCUT2D eigenvalue weighted by atomic mass is 19.1. The summed E-state index contributed by atoms with van der Waals surface area (Å²) in [5.41, 5.74) is 7.24. The fourth-order valence-corrected chi connectivity index (χ4v) is 2.39. The standard InChI is InChI=1S/C16H17F2NO/c1-10-8-11(17)6-7-12(10)16(20)14(9-19)13-4-2-3-5-15(13)18/h2-8,14,16,20H,9,19H2,1H3. The zero-order valence-corrected chi connectivity index (χ0v) is 11.2. The maximum absolute atomic E-state index is 13.8. The molecule has 4 heteroatoms. The van der Waals surface area contributed by atoms with E-state index in [-0.39, 0.29) is 12.4 Å². The summed E-state index contributed by atoms with van der Waals surface area (Å²) in [6.45, 7) is 1.80. The van der Waals surface area contributed by atoms with Gasteiger partial charge in [0, 0.05) is 12.5 Å². The molecule has 2 atom stereocenters. The molecular formula is C16H17F2NO. The molecule has 0 bridgehead atoms. The van der Waals surface area contributed by atoms with Crippen molar-refractivity contribution >= 4 is 0 Å². The molecule has 0 saturated carbocycles. The van der Waals surface area contributed by atoms with E-state index < -0.39 is 17.8 Å². The molecule has 2 aromatic carbocycles. The van der Waals surface area contributed by atoms with Gasteiger partial charge in [0.2, 0.25) is 0 Å². The maximum Gasteiger partial charge on any atom is 0.126 e. The van der Waals surface area contributed by atoms with E-state index in [1.54, 1.807) is 25.1 Å². The average molecular weight is 277 g/mol. The van der Waals surface area contributed by atoms with Gasteiger partial charge in [-0.3, -0.25) is 0 Å². The van der Waals surface area contributed by atoms with E-state index in [4.69, 9.17) is 5.73 Å². The molecule has 0 saturated heterocycles. The van der Waals surface area contributed by atoms with Crippen LogP contribution in [0.3, 0.4) is 0 Å². The van der Waals surface area contributed by atoms with E-state index in [2.05, 4.69) is 0 Å². The average Bonchev–Trinajstić information content (AvgIpc) is 2.41. The first-order chi connectivity index (χ1) is 9.54. The Morgan fingerprint density at radius 2 is 1.80 bits per heavy atom. The largest absolute Gasteiger partial charge is 0.388 e. The smallest absolute Gasteiger partial charge is 0.126 e. The summed E-state index contributed by atoms with van der Waals surface area (Å²) >= 11 is 0. The molecule has 2 rings (SSSR count). The zero-order chi connectivity index (χ0) is 14.7. The first kappa shape index (κ1) is 14.6. The molecular weight excluding hydrogens is 260 g/mol. The number of aryl methyl sites for hydroxylation is 1. The second kappa shape index (κ2) is 6.11. The van der Waals surface area contributed by atoms with Crippen LogP contribution in [-0.4, -0.2) is 11.7 Å². The van der Waals surface area contributed by atoms with Crippen molar-refractivity contribution in [1.82, 2.24) is 0 Å². The van der Waals surface area contributed by atoms with Gasteiger partial charge in [0.05, 0.1) is 6.10 Å². The molecule has 0 aliphatic heterocycles. The van der Waals surface area contributed by atoms with Crippen molar-refractivity contribution in [2.24, 2.45) is 5.73 Å². The summed E-state index contributed by atoms with van der Waals surface area (Å²) in [4.78, 5) is 0. The van der Waals surface area contributed by atoms with Crippen LogP contribution < -0.4 is 5.73 Å². The van der Waals surface area contributed by atoms with Crippen LogP contribution in [0.25, 0.3) is 0 Å². The van der Waals surface area contributed by atoms with Gasteiger partial charge >= 0.3 is 0 Å². The lowest BCUT2D eigenvalue weighted by molar-refractivity contribution is 0.145. The highest BCUT2D eigenvalue weighted by Gasteiger charge is 2.25. The summed E-state index contributed by atoms with van der Waals surface area (Å²) in [5.74, 6) is -1.34. The number of nitrogens with two attached hydrogens (primary N) is 1. The van der Waals surface area contributed by atoms with E-state index in [1.165, 1.54) is 24.3 Å². The topological polar surface area (TPSA) is 46.2 Å². The minimum Gasteiger partial charge on any atom is -0.388 e. The van der Waals surface area contributed by atoms with Gasteiger partial charge in [-0.25, -0.2) is 8.78 Å². The third-order valence-corrected chi connectivity index (χ3v) is 3.49. The molecule has 20 heavy (non-hydrogen) atoms. The Labute approximate surface area is 116 Å². The second-order valence-electron chi connectivity index (χ2n) is 4.81. The van der Waals surface area contributed by atoms with Crippen LogP contribution >= 0.6 is 0 Å². The number of hydrogen-bond donors (Lipinski definition) is 2. The molecule has 2 nitrogen and oxygen atoms in total. The van der Waals surface area contributed by atoms with Crippen molar-refractivity contribution in [1.29, 1.82) is 0 Å². The van der Waals surface area contributed by atoms with E-state index in [1.807, 2.05) is 0 Å². The van der Waals surface area contributed by atoms with E-state index in [9.17, 15) is 13.9 Å². The number of benzene rings is 2. The predicted molar refractivity (Wildman–Crippen MR) is 74.3 cm³/mol. The van der Waals surface area contributed by atoms with Gasteiger partial charge in [-0.2, -0.15) is 0 Å². The molecule has 0 aliphatic rings. The van der Waals surface area contributed by atoms with Crippen molar-refractivity contribution in [2.45, 2.75) is 18.9 Å². The molecule has 0 amide bonds. The highest BCUT2D eigenvalue weighted by molar-refractivity contribution is 5.33. The first-order valence-electron chi connectivity index (χ1n) is 6.43. The van der Waals surface area contributed by atoms with Crippen molar-refractivity contribution in [3.63, 3.8) is 0 Å². The van der Waals surface area contributed by atoms with Gasteiger partial charge in [0.15, 0.2) is 0 Å². The van der Waals surface area contributed by atoms with Crippen molar-refractivity contribution in [3.8, 4) is 0 Å². The first-order valence-corrected chi connectivity index (χ1v) is 6.43. The summed E-state index contributed by atoms with van der Waals surface area (Å²) in [7, 11) is 0. The van der Waals surface area contributed by atoms with E-state index in [0.717, 1.165) is 0 Å². The molecule has 3 N–H and O–H groups in total. The molecule has 0 aliphatic carbocycles. The number of rotatable bonds is 4. The third-order valence-electron chi connectivity index (χ3n) is 3.49. The van der Waals surface area contributed by atoms with Crippen LogP contribution in [0.2, 0.25) is 0 Å². The second-order valence-corrected chi connectivity index (χ2v) is 4.81. The van der Waals surface area contributed by atoms with Crippen molar-refractivity contribution in [2.75, 3.05) is 6.54 Å². The van der Waals surface area contributed by atoms with Gasteiger partial charge in [0.1, 0.15) is 11.6 Å². The molecule has 0 aromatic heterocycles. The van der Waals surface area contributed by atoms with E-state index >= 15 is 0 Å². The van der Waals surface area contributed by atoms with Gasteiger partial charge in [-0.1, -0.05) is 24.3 Å². The number of aliphatic hydroxyl groups is 1. The van der Waals surface area contributed by atoms with Crippen LogP contribution in [0.1, 0.15) is 28.7 Å². The number of aliphatic hydroxyl groups excluding tert-OH is 1. The molecule has 0 radical (unpaired) electrons. The Morgan fingerprint density at radius 1 is 1.10 bits per heavy atom. The summed E-state index contributed by atoms with van der Waals surface area (Å²) in [6.07, 6.45) is -0.975. The van der Waals surface area contributed by atoms with Crippen LogP contribution in [0.5, 0.6) is 0 Å². The van der Waals surface area contributed by atoms with Crippen LogP contribution in [0, 0.1) is 18.6 Å². The Morgan fingerprint density at radius 3 is 2.40 bits per heavy atom. The monoisotopic (exact) mass is 277 g/mol. The number of halogens is 2. The highest BCUT2D eigenvalue weighted by Crippen LogP contribution is 2.33. The molecule has 0 fully saturated rings. The fourth-order valence-electron chi connectivity index (χ4n) is 2.39. The lowest BCUT2D eigenvalue weighted by atomic mass is 9.87. The van der Waals surface area contributed by atoms with Crippen molar-refractivity contribution < 1.29 is 13.9 Å². The van der Waals surface area contributed by atoms with Gasteiger partial charge in [0.25, 0.3) is 0 Å². The SMILES string of the molecule is Cc1cc(F)ccc1C(O)C(CN)c1ccccc1F. The molecule has 106 valence electrons. The van der Waals surface area contributed by atoms with Gasteiger partial charge in [-0.15, -0.1) is 0 Å². The van der Waals surface area contributed by atoms with Crippen LogP contribution in [0.15, 0.2) is 42.5 Å². The Bertz CT molecular complexity index is 601. The summed E-state index contributed by atoms with van der Waals surface area (Å²) < 4.78 is 27.0. The molecule has 2 aromatic rings. The quantitative estimate of drug-likeness (QED) is 0.902. The summed E-state index contributed by atoms with van der Waals surface area (Å²) in [5, 5.41) is 10.5. The number of hydrogen-bond acceptors (Lipinski definition) is 2. The Hall–Kier alpha value is -1.78. The summed E-state index contributed by atoms with van der Waals surface area (Å²) in [6, 6.07) is 10.4. The Kier molecular flexibility index (Phi) is 4.47. The van der Waals surface area contributed by atoms with E-state index in [0.29, 0.717) is 16.7 Å². The lowest BCUT2D eigenvalue weighted by Gasteiger charge is -2.24. The van der Waals surface area contributed by atoms with Crippen LogP contribution in [0.4, 0.5) is 8.78 Å². The minimum absolute atomic E-state index is 0.0961. The normalized spacial score (nSPS) is 14.1. The minimum atomic E-state index is -0.975. The van der Waals surface area contributed by atoms with Crippen molar-refractivity contribution in [3.05, 3.63) is 70.8 Å². The third kappa shape index (κ3) is 2.86.